The molecule has 1 heterocycles. The lowest BCUT2D eigenvalue weighted by atomic mass is 10.0. The van der Waals surface area contributed by atoms with Crippen LogP contribution in [0.2, 0.25) is 0 Å². The summed E-state index contributed by atoms with van der Waals surface area (Å²) in [5.41, 5.74) is 0.243. The number of nitrogens with zero attached hydrogens (tertiary/aromatic N) is 2. The molecule has 1 unspecified atom stereocenters. The summed E-state index contributed by atoms with van der Waals surface area (Å²) in [7, 11) is 0. The van der Waals surface area contributed by atoms with Gasteiger partial charge in [0.15, 0.2) is 11.6 Å². The second-order valence-corrected chi connectivity index (χ2v) is 3.22. The fraction of sp³-hybridized carbons (Fsp3) is 0.0909. The third-order valence-electron chi connectivity index (χ3n) is 2.20. The molecule has 3 nitrogen and oxygen atoms in total. The number of aliphatic hydroxyl groups excluding tert-OH is 1. The lowest BCUT2D eigenvalue weighted by molar-refractivity contribution is 0.212. The van der Waals surface area contributed by atoms with Crippen molar-refractivity contribution in [2.75, 3.05) is 0 Å². The largest absolute Gasteiger partial charge is 0.383 e. The van der Waals surface area contributed by atoms with E-state index >= 15 is 0 Å². The third kappa shape index (κ3) is 1.90. The zero-order valence-corrected chi connectivity index (χ0v) is 8.14. The van der Waals surface area contributed by atoms with E-state index < -0.39 is 17.7 Å². The SMILES string of the molecule is OC(c1ccnnc1)c1cccc(F)c1F. The van der Waals surface area contributed by atoms with Crippen molar-refractivity contribution in [2.45, 2.75) is 6.10 Å². The molecule has 0 saturated heterocycles. The van der Waals surface area contributed by atoms with Gasteiger partial charge in [-0.3, -0.25) is 0 Å². The summed E-state index contributed by atoms with van der Waals surface area (Å²) in [6, 6.07) is 5.15. The molecule has 0 saturated carbocycles. The van der Waals surface area contributed by atoms with Gasteiger partial charge in [-0.2, -0.15) is 10.2 Å². The van der Waals surface area contributed by atoms with Crippen LogP contribution in [-0.2, 0) is 0 Å². The van der Waals surface area contributed by atoms with Gasteiger partial charge in [0.1, 0.15) is 6.10 Å². The van der Waals surface area contributed by atoms with E-state index in [-0.39, 0.29) is 5.56 Å². The molecule has 1 aromatic heterocycles. The summed E-state index contributed by atoms with van der Waals surface area (Å²) in [4.78, 5) is 0. The van der Waals surface area contributed by atoms with E-state index in [9.17, 15) is 13.9 Å². The molecule has 1 aromatic carbocycles. The maximum absolute atomic E-state index is 13.4. The van der Waals surface area contributed by atoms with Gasteiger partial charge in [-0.15, -0.1) is 0 Å². The summed E-state index contributed by atoms with van der Waals surface area (Å²) in [5, 5.41) is 16.9. The minimum Gasteiger partial charge on any atom is -0.383 e. The average molecular weight is 222 g/mol. The summed E-state index contributed by atoms with van der Waals surface area (Å²) in [6.45, 7) is 0. The Kier molecular flexibility index (Phi) is 2.87. The first-order valence-corrected chi connectivity index (χ1v) is 4.58. The van der Waals surface area contributed by atoms with Gasteiger partial charge in [-0.05, 0) is 12.1 Å². The molecule has 0 amide bonds. The first-order chi connectivity index (χ1) is 7.70. The normalized spacial score (nSPS) is 12.4. The summed E-state index contributed by atoms with van der Waals surface area (Å²) in [5.74, 6) is -2.04. The van der Waals surface area contributed by atoms with E-state index in [0.717, 1.165) is 6.07 Å². The highest BCUT2D eigenvalue weighted by Crippen LogP contribution is 2.24. The molecule has 0 bridgehead atoms. The van der Waals surface area contributed by atoms with Crippen LogP contribution in [0.3, 0.4) is 0 Å². The number of aromatic nitrogens is 2. The predicted octanol–water partition coefficient (Wildman–Crippen LogP) is 1.84. The van der Waals surface area contributed by atoms with Crippen molar-refractivity contribution >= 4 is 0 Å². The molecule has 2 aromatic rings. The van der Waals surface area contributed by atoms with Crippen LogP contribution < -0.4 is 0 Å². The van der Waals surface area contributed by atoms with Crippen molar-refractivity contribution in [3.05, 3.63) is 59.4 Å². The van der Waals surface area contributed by atoms with Gasteiger partial charge >= 0.3 is 0 Å². The first-order valence-electron chi connectivity index (χ1n) is 4.58. The number of hydrogen-bond acceptors (Lipinski definition) is 3. The molecule has 1 N–H and O–H groups in total. The van der Waals surface area contributed by atoms with Crippen LogP contribution in [0.1, 0.15) is 17.2 Å². The Morgan fingerprint density at radius 2 is 1.94 bits per heavy atom. The minimum absolute atomic E-state index is 0.118. The monoisotopic (exact) mass is 222 g/mol. The van der Waals surface area contributed by atoms with Crippen molar-refractivity contribution in [1.82, 2.24) is 10.2 Å². The smallest absolute Gasteiger partial charge is 0.164 e. The Hall–Kier alpha value is -1.88. The standard InChI is InChI=1S/C11H8F2N2O/c12-9-3-1-2-8(10(9)13)11(16)7-4-5-14-15-6-7/h1-6,11,16H. The van der Waals surface area contributed by atoms with Gasteiger partial charge in [0.25, 0.3) is 0 Å². The number of aliphatic hydroxyl groups is 1. The van der Waals surface area contributed by atoms with Gasteiger partial charge in [0.2, 0.25) is 0 Å². The van der Waals surface area contributed by atoms with Crippen LogP contribution in [0, 0.1) is 11.6 Å². The summed E-state index contributed by atoms with van der Waals surface area (Å²) in [6.07, 6.45) is 1.43. The zero-order valence-electron chi connectivity index (χ0n) is 8.14. The van der Waals surface area contributed by atoms with Crippen LogP contribution in [-0.4, -0.2) is 15.3 Å². The van der Waals surface area contributed by atoms with Crippen molar-refractivity contribution in [1.29, 1.82) is 0 Å². The molecular formula is C11H8F2N2O. The fourth-order valence-electron chi connectivity index (χ4n) is 1.37. The van der Waals surface area contributed by atoms with E-state index in [1.54, 1.807) is 0 Å². The zero-order chi connectivity index (χ0) is 11.5. The molecule has 16 heavy (non-hydrogen) atoms. The third-order valence-corrected chi connectivity index (χ3v) is 2.20. The number of halogens is 2. The predicted molar refractivity (Wildman–Crippen MR) is 52.5 cm³/mol. The topological polar surface area (TPSA) is 46.0 Å². The quantitative estimate of drug-likeness (QED) is 0.843. The van der Waals surface area contributed by atoms with Crippen molar-refractivity contribution < 1.29 is 13.9 Å². The maximum Gasteiger partial charge on any atom is 0.164 e. The summed E-state index contributed by atoms with van der Waals surface area (Å²) >= 11 is 0. The molecule has 0 radical (unpaired) electrons. The minimum atomic E-state index is -1.24. The second kappa shape index (κ2) is 4.32. The maximum atomic E-state index is 13.4. The molecule has 0 spiro atoms. The Morgan fingerprint density at radius 1 is 1.12 bits per heavy atom. The van der Waals surface area contributed by atoms with Crippen molar-refractivity contribution in [2.24, 2.45) is 0 Å². The number of hydrogen-bond donors (Lipinski definition) is 1. The van der Waals surface area contributed by atoms with Crippen molar-refractivity contribution in [3.8, 4) is 0 Å². The molecule has 0 aliphatic rings. The van der Waals surface area contributed by atoms with E-state index in [1.165, 1.54) is 30.6 Å². The van der Waals surface area contributed by atoms with Gasteiger partial charge in [0, 0.05) is 17.3 Å². The molecule has 0 aliphatic carbocycles. The lowest BCUT2D eigenvalue weighted by Gasteiger charge is -2.11. The number of benzene rings is 1. The van der Waals surface area contributed by atoms with Crippen LogP contribution in [0.15, 0.2) is 36.7 Å². The lowest BCUT2D eigenvalue weighted by Crippen LogP contribution is -2.04. The van der Waals surface area contributed by atoms with Gasteiger partial charge in [-0.1, -0.05) is 12.1 Å². The molecule has 1 atom stereocenters. The second-order valence-electron chi connectivity index (χ2n) is 3.22. The molecular weight excluding hydrogens is 214 g/mol. The van der Waals surface area contributed by atoms with E-state index in [0.29, 0.717) is 5.56 Å². The van der Waals surface area contributed by atoms with E-state index in [1.807, 2.05) is 0 Å². The van der Waals surface area contributed by atoms with E-state index in [2.05, 4.69) is 10.2 Å². The Morgan fingerprint density at radius 3 is 2.62 bits per heavy atom. The molecule has 2 rings (SSSR count). The van der Waals surface area contributed by atoms with Crippen LogP contribution in [0.5, 0.6) is 0 Å². The first kappa shape index (κ1) is 10.6. The Balaban J connectivity index is 2.42. The van der Waals surface area contributed by atoms with Crippen molar-refractivity contribution in [3.63, 3.8) is 0 Å². The van der Waals surface area contributed by atoms with Gasteiger partial charge in [-0.25, -0.2) is 8.78 Å². The molecule has 82 valence electrons. The molecule has 0 fully saturated rings. The van der Waals surface area contributed by atoms with Gasteiger partial charge < -0.3 is 5.11 Å². The molecule has 5 heteroatoms. The van der Waals surface area contributed by atoms with Crippen LogP contribution in [0.25, 0.3) is 0 Å². The number of rotatable bonds is 2. The highest BCUT2D eigenvalue weighted by molar-refractivity contribution is 5.29. The van der Waals surface area contributed by atoms with E-state index in [4.69, 9.17) is 0 Å². The highest BCUT2D eigenvalue weighted by Gasteiger charge is 2.17. The average Bonchev–Trinajstić information content (AvgIpc) is 2.33. The Labute approximate surface area is 90.4 Å². The Bertz CT molecular complexity index is 491. The molecule has 0 aliphatic heterocycles. The summed E-state index contributed by atoms with van der Waals surface area (Å²) < 4.78 is 26.3. The van der Waals surface area contributed by atoms with Crippen LogP contribution in [0.4, 0.5) is 8.78 Å². The highest BCUT2D eigenvalue weighted by atomic mass is 19.2. The van der Waals surface area contributed by atoms with Crippen LogP contribution >= 0.6 is 0 Å². The fourth-order valence-corrected chi connectivity index (χ4v) is 1.37. The van der Waals surface area contributed by atoms with Gasteiger partial charge in [0.05, 0.1) is 6.20 Å².